The van der Waals surface area contributed by atoms with Gasteiger partial charge in [-0.2, -0.15) is 4.31 Å². The maximum Gasteiger partial charge on any atom is 0.419 e. The summed E-state index contributed by atoms with van der Waals surface area (Å²) in [7, 11) is -3.63. The molecule has 0 radical (unpaired) electrons. The summed E-state index contributed by atoms with van der Waals surface area (Å²) in [6, 6.07) is 6.16. The Labute approximate surface area is 190 Å². The van der Waals surface area contributed by atoms with Crippen molar-refractivity contribution in [2.24, 2.45) is 0 Å². The fourth-order valence-electron chi connectivity index (χ4n) is 4.09. The summed E-state index contributed by atoms with van der Waals surface area (Å²) >= 11 is 0. The van der Waals surface area contributed by atoms with Crippen LogP contribution in [0.3, 0.4) is 0 Å². The monoisotopic (exact) mass is 474 g/mol. The number of nitrogens with zero attached hydrogens (tertiary/aromatic N) is 2. The van der Waals surface area contributed by atoms with Crippen LogP contribution in [0.4, 0.5) is 0 Å². The minimum Gasteiger partial charge on any atom is -0.408 e. The Balaban J connectivity index is 1.46. The number of pyridine rings is 1. The molecule has 1 aliphatic heterocycles. The highest BCUT2D eigenvalue weighted by Crippen LogP contribution is 2.24. The smallest absolute Gasteiger partial charge is 0.408 e. The van der Waals surface area contributed by atoms with Crippen LogP contribution in [0, 0.1) is 13.8 Å². The van der Waals surface area contributed by atoms with Gasteiger partial charge in [-0.15, -0.1) is 0 Å². The maximum absolute atomic E-state index is 12.8. The van der Waals surface area contributed by atoms with Crippen LogP contribution in [0.1, 0.15) is 36.1 Å². The van der Waals surface area contributed by atoms with E-state index in [1.54, 1.807) is 13.8 Å². The number of carbonyl (C=O) groups is 1. The van der Waals surface area contributed by atoms with Crippen molar-refractivity contribution in [1.29, 1.82) is 0 Å². The molecule has 0 unspecified atom stereocenters. The average molecular weight is 475 g/mol. The highest BCUT2D eigenvalue weighted by Gasteiger charge is 2.28. The van der Waals surface area contributed by atoms with E-state index in [4.69, 9.17) is 4.42 Å². The molecule has 0 saturated carbocycles. The van der Waals surface area contributed by atoms with Gasteiger partial charge in [0.15, 0.2) is 5.58 Å². The van der Waals surface area contributed by atoms with Gasteiger partial charge in [0.2, 0.25) is 15.9 Å². The van der Waals surface area contributed by atoms with E-state index in [1.807, 2.05) is 6.07 Å². The van der Waals surface area contributed by atoms with E-state index < -0.39 is 15.8 Å². The third kappa shape index (κ3) is 4.64. The summed E-state index contributed by atoms with van der Waals surface area (Å²) in [5.74, 6) is -0.997. The Kier molecular flexibility index (Phi) is 6.26. The van der Waals surface area contributed by atoms with Crippen LogP contribution in [-0.4, -0.2) is 41.3 Å². The Morgan fingerprint density at radius 2 is 1.88 bits per heavy atom. The highest BCUT2D eigenvalue weighted by atomic mass is 32.2. The second kappa shape index (κ2) is 8.99. The molecule has 0 spiro atoms. The number of nitrogens with one attached hydrogen (secondary N) is 2. The van der Waals surface area contributed by atoms with Gasteiger partial charge in [0.1, 0.15) is 0 Å². The first-order chi connectivity index (χ1) is 15.7. The fourth-order valence-corrected chi connectivity index (χ4v) is 5.62. The van der Waals surface area contributed by atoms with Crippen molar-refractivity contribution in [3.63, 3.8) is 0 Å². The summed E-state index contributed by atoms with van der Waals surface area (Å²) in [6.07, 6.45) is 1.64. The standard InChI is InChI=1S/C22H26N4O6S/c1-14-11-15(2)24-21(28)17(14)13-23-20(27)7-10-26-18-6-5-16(12-19(18)32-22(26)29)33(30,31)25-8-3-4-9-25/h5-6,11-12H,3-4,7-10,13H2,1-2H3,(H,23,27)(H,24,28). The zero-order valence-corrected chi connectivity index (χ0v) is 19.3. The number of hydrogen-bond donors (Lipinski definition) is 2. The first-order valence-electron chi connectivity index (χ1n) is 10.8. The summed E-state index contributed by atoms with van der Waals surface area (Å²) in [5, 5.41) is 2.70. The van der Waals surface area contributed by atoms with Gasteiger partial charge in [0.05, 0.1) is 10.4 Å². The number of hydrogen-bond acceptors (Lipinski definition) is 6. The predicted octanol–water partition coefficient (Wildman–Crippen LogP) is 1.39. The number of sulfonamides is 1. The number of aromatic amines is 1. The number of rotatable bonds is 7. The molecular weight excluding hydrogens is 448 g/mol. The molecule has 1 aliphatic rings. The second-order valence-electron chi connectivity index (χ2n) is 8.23. The molecule has 1 fully saturated rings. The number of benzene rings is 1. The molecule has 3 aromatic rings. The Morgan fingerprint density at radius 3 is 2.58 bits per heavy atom. The van der Waals surface area contributed by atoms with E-state index in [0.29, 0.717) is 24.2 Å². The molecular formula is C22H26N4O6S. The lowest BCUT2D eigenvalue weighted by Gasteiger charge is -2.15. The van der Waals surface area contributed by atoms with E-state index >= 15 is 0 Å². The van der Waals surface area contributed by atoms with E-state index in [-0.39, 0.29) is 41.5 Å². The minimum atomic E-state index is -3.63. The molecule has 1 amide bonds. The third-order valence-electron chi connectivity index (χ3n) is 5.86. The molecule has 4 rings (SSSR count). The van der Waals surface area contributed by atoms with Gasteiger partial charge in [-0.3, -0.25) is 14.2 Å². The molecule has 10 nitrogen and oxygen atoms in total. The van der Waals surface area contributed by atoms with E-state index in [1.165, 1.54) is 27.1 Å². The van der Waals surface area contributed by atoms with Crippen molar-refractivity contribution < 1.29 is 17.6 Å². The molecule has 1 aromatic carbocycles. The largest absolute Gasteiger partial charge is 0.419 e. The van der Waals surface area contributed by atoms with Gasteiger partial charge in [-0.05, 0) is 50.5 Å². The second-order valence-corrected chi connectivity index (χ2v) is 10.2. The minimum absolute atomic E-state index is 0.00875. The zero-order chi connectivity index (χ0) is 23.8. The Morgan fingerprint density at radius 1 is 1.15 bits per heavy atom. The van der Waals surface area contributed by atoms with Gasteiger partial charge in [-0.25, -0.2) is 13.2 Å². The predicted molar refractivity (Wildman–Crippen MR) is 121 cm³/mol. The molecule has 33 heavy (non-hydrogen) atoms. The molecule has 2 N–H and O–H groups in total. The third-order valence-corrected chi connectivity index (χ3v) is 7.76. The first kappa shape index (κ1) is 23.0. The molecule has 11 heteroatoms. The van der Waals surface area contributed by atoms with Crippen molar-refractivity contribution in [3.8, 4) is 0 Å². The molecule has 0 aliphatic carbocycles. The normalized spacial score (nSPS) is 14.7. The number of amides is 1. The number of aromatic nitrogens is 2. The van der Waals surface area contributed by atoms with Crippen LogP contribution in [0.15, 0.2) is 43.2 Å². The SMILES string of the molecule is Cc1cc(C)c(CNC(=O)CCn2c(=O)oc3cc(S(=O)(=O)N4CCCC4)ccc32)c(=O)[nH]1. The molecule has 2 aromatic heterocycles. The Hall–Kier alpha value is -3.18. The van der Waals surface area contributed by atoms with Crippen molar-refractivity contribution in [2.45, 2.75) is 51.1 Å². The number of oxazole rings is 1. The Bertz CT molecular complexity index is 1430. The van der Waals surface area contributed by atoms with Gasteiger partial charge >= 0.3 is 5.76 Å². The number of fused-ring (bicyclic) bond motifs is 1. The molecule has 0 atom stereocenters. The lowest BCUT2D eigenvalue weighted by molar-refractivity contribution is -0.121. The zero-order valence-electron chi connectivity index (χ0n) is 18.5. The van der Waals surface area contributed by atoms with Crippen molar-refractivity contribution in [3.05, 3.63) is 62.0 Å². The molecule has 0 bridgehead atoms. The number of carbonyl (C=O) groups excluding carboxylic acids is 1. The van der Waals surface area contributed by atoms with Crippen LogP contribution in [0.5, 0.6) is 0 Å². The quantitative estimate of drug-likeness (QED) is 0.531. The summed E-state index contributed by atoms with van der Waals surface area (Å²) in [5.41, 5.74) is 2.33. The van der Waals surface area contributed by atoms with E-state index in [9.17, 15) is 22.8 Å². The lowest BCUT2D eigenvalue weighted by Crippen LogP contribution is -2.29. The van der Waals surface area contributed by atoms with Crippen LogP contribution in [0.2, 0.25) is 0 Å². The van der Waals surface area contributed by atoms with Crippen molar-refractivity contribution in [2.75, 3.05) is 13.1 Å². The number of H-pyrrole nitrogens is 1. The van der Waals surface area contributed by atoms with Gasteiger partial charge in [0.25, 0.3) is 5.56 Å². The number of aryl methyl sites for hydroxylation is 3. The topological polar surface area (TPSA) is 134 Å². The average Bonchev–Trinajstić information content (AvgIpc) is 3.39. The first-order valence-corrected chi connectivity index (χ1v) is 12.2. The fraction of sp³-hybridized carbons (Fsp3) is 0.409. The highest BCUT2D eigenvalue weighted by molar-refractivity contribution is 7.89. The van der Waals surface area contributed by atoms with Gasteiger partial charge in [-0.1, -0.05) is 0 Å². The van der Waals surface area contributed by atoms with Crippen LogP contribution in [-0.2, 0) is 27.9 Å². The van der Waals surface area contributed by atoms with Crippen LogP contribution >= 0.6 is 0 Å². The molecule has 1 saturated heterocycles. The van der Waals surface area contributed by atoms with Gasteiger partial charge in [0, 0.05) is 49.9 Å². The summed E-state index contributed by atoms with van der Waals surface area (Å²) < 4.78 is 33.5. The maximum atomic E-state index is 12.8. The van der Waals surface area contributed by atoms with Crippen LogP contribution in [0.25, 0.3) is 11.1 Å². The van der Waals surface area contributed by atoms with Crippen LogP contribution < -0.4 is 16.6 Å². The van der Waals surface area contributed by atoms with Gasteiger partial charge < -0.3 is 14.7 Å². The van der Waals surface area contributed by atoms with E-state index in [0.717, 1.165) is 24.1 Å². The van der Waals surface area contributed by atoms with Crippen molar-refractivity contribution in [1.82, 2.24) is 19.2 Å². The summed E-state index contributed by atoms with van der Waals surface area (Å²) in [6.45, 7) is 4.69. The van der Waals surface area contributed by atoms with Crippen molar-refractivity contribution >= 4 is 27.0 Å². The lowest BCUT2D eigenvalue weighted by atomic mass is 10.1. The molecule has 176 valence electrons. The van der Waals surface area contributed by atoms with E-state index in [2.05, 4.69) is 10.3 Å². The molecule has 3 heterocycles. The summed E-state index contributed by atoms with van der Waals surface area (Å²) in [4.78, 5) is 39.5.